The number of piperazine rings is 1. The topological polar surface area (TPSA) is 49.4 Å². The van der Waals surface area contributed by atoms with E-state index in [1.54, 1.807) is 30.5 Å². The lowest BCUT2D eigenvalue weighted by Crippen LogP contribution is -2.63. The van der Waals surface area contributed by atoms with Crippen LogP contribution in [0, 0.1) is 0 Å². The van der Waals surface area contributed by atoms with Crippen molar-refractivity contribution in [2.45, 2.75) is 38.5 Å². The van der Waals surface area contributed by atoms with Crippen molar-refractivity contribution >= 4 is 23.6 Å². The molecule has 92 valence electrons. The molecule has 0 aromatic heterocycles. The molecule has 0 unspecified atom stereocenters. The molecule has 0 atom stereocenters. The lowest BCUT2D eigenvalue weighted by atomic mass is 9.99. The van der Waals surface area contributed by atoms with Gasteiger partial charge in [0, 0.05) is 13.1 Å². The van der Waals surface area contributed by atoms with Gasteiger partial charge in [-0.15, -0.1) is 11.8 Å². The Labute approximate surface area is 101 Å². The molecular weight excluding hydrogens is 224 g/mol. The average Bonchev–Trinajstić information content (AvgIpc) is 2.18. The van der Waals surface area contributed by atoms with Crippen molar-refractivity contribution in [3.05, 3.63) is 0 Å². The fourth-order valence-corrected chi connectivity index (χ4v) is 2.28. The summed E-state index contributed by atoms with van der Waals surface area (Å²) in [5.74, 6) is 0.439. The molecule has 1 fully saturated rings. The largest absolute Gasteiger partial charge is 0.352 e. The molecule has 1 saturated heterocycles. The van der Waals surface area contributed by atoms with Gasteiger partial charge in [-0.3, -0.25) is 9.59 Å². The zero-order chi connectivity index (χ0) is 12.3. The van der Waals surface area contributed by atoms with E-state index in [0.717, 1.165) is 0 Å². The van der Waals surface area contributed by atoms with Gasteiger partial charge in [0.1, 0.15) is 5.54 Å². The monoisotopic (exact) mass is 244 g/mol. The van der Waals surface area contributed by atoms with Crippen LogP contribution >= 0.6 is 11.8 Å². The van der Waals surface area contributed by atoms with Crippen molar-refractivity contribution in [2.24, 2.45) is 0 Å². The van der Waals surface area contributed by atoms with Crippen LogP contribution in [0.25, 0.3) is 0 Å². The standard InChI is InChI=1S/C11H20N2O2S/c1-8(2)16-7-9(14)13-6-5-12-10(15)11(13,3)4/h8H,5-7H2,1-4H3,(H,12,15). The smallest absolute Gasteiger partial charge is 0.245 e. The molecule has 1 rings (SSSR count). The molecule has 16 heavy (non-hydrogen) atoms. The predicted octanol–water partition coefficient (Wildman–Crippen LogP) is 0.865. The minimum Gasteiger partial charge on any atom is -0.352 e. The highest BCUT2D eigenvalue weighted by atomic mass is 32.2. The summed E-state index contributed by atoms with van der Waals surface area (Å²) in [4.78, 5) is 25.3. The molecule has 0 radical (unpaired) electrons. The van der Waals surface area contributed by atoms with Crippen molar-refractivity contribution in [3.63, 3.8) is 0 Å². The Morgan fingerprint density at radius 1 is 1.56 bits per heavy atom. The summed E-state index contributed by atoms with van der Waals surface area (Å²) in [5.41, 5.74) is -0.715. The zero-order valence-electron chi connectivity index (χ0n) is 10.4. The molecule has 0 aromatic rings. The van der Waals surface area contributed by atoms with Crippen LogP contribution in [0.3, 0.4) is 0 Å². The summed E-state index contributed by atoms with van der Waals surface area (Å²) in [5, 5.41) is 3.22. The second kappa shape index (κ2) is 5.08. The number of thioether (sulfide) groups is 1. The Bertz CT molecular complexity index is 290. The van der Waals surface area contributed by atoms with E-state index in [1.807, 2.05) is 0 Å². The van der Waals surface area contributed by atoms with Gasteiger partial charge in [-0.1, -0.05) is 13.8 Å². The maximum Gasteiger partial charge on any atom is 0.245 e. The Hall–Kier alpha value is -0.710. The summed E-state index contributed by atoms with van der Waals surface area (Å²) >= 11 is 1.61. The van der Waals surface area contributed by atoms with Gasteiger partial charge in [-0.25, -0.2) is 0 Å². The Kier molecular flexibility index (Phi) is 4.24. The highest BCUT2D eigenvalue weighted by molar-refractivity contribution is 8.00. The van der Waals surface area contributed by atoms with Gasteiger partial charge in [0.25, 0.3) is 0 Å². The molecule has 0 spiro atoms. The van der Waals surface area contributed by atoms with E-state index in [2.05, 4.69) is 19.2 Å². The molecule has 0 aromatic carbocycles. The van der Waals surface area contributed by atoms with Crippen molar-refractivity contribution in [3.8, 4) is 0 Å². The molecule has 4 nitrogen and oxygen atoms in total. The first kappa shape index (κ1) is 13.4. The van der Waals surface area contributed by atoms with Gasteiger partial charge < -0.3 is 10.2 Å². The van der Waals surface area contributed by atoms with Crippen LogP contribution < -0.4 is 5.32 Å². The second-order valence-electron chi connectivity index (χ2n) is 4.72. The maximum atomic E-state index is 12.0. The van der Waals surface area contributed by atoms with Crippen LogP contribution in [0.15, 0.2) is 0 Å². The van der Waals surface area contributed by atoms with Crippen LogP contribution in [0.1, 0.15) is 27.7 Å². The van der Waals surface area contributed by atoms with Crippen LogP contribution in [0.4, 0.5) is 0 Å². The third kappa shape index (κ3) is 2.90. The number of nitrogens with zero attached hydrogens (tertiary/aromatic N) is 1. The van der Waals surface area contributed by atoms with E-state index in [0.29, 0.717) is 24.1 Å². The second-order valence-corrected chi connectivity index (χ2v) is 6.28. The fourth-order valence-electron chi connectivity index (χ4n) is 1.65. The molecule has 1 aliphatic rings. The van der Waals surface area contributed by atoms with Gasteiger partial charge in [-0.2, -0.15) is 0 Å². The first-order chi connectivity index (χ1) is 7.35. The van der Waals surface area contributed by atoms with Gasteiger partial charge in [-0.05, 0) is 19.1 Å². The highest BCUT2D eigenvalue weighted by Crippen LogP contribution is 2.20. The van der Waals surface area contributed by atoms with Gasteiger partial charge in [0.2, 0.25) is 11.8 Å². The Balaban J connectivity index is 2.63. The van der Waals surface area contributed by atoms with Gasteiger partial charge in [0.15, 0.2) is 0 Å². The molecule has 0 bridgehead atoms. The number of nitrogens with one attached hydrogen (secondary N) is 1. The zero-order valence-corrected chi connectivity index (χ0v) is 11.2. The summed E-state index contributed by atoms with van der Waals surface area (Å²) in [6.45, 7) is 8.87. The first-order valence-electron chi connectivity index (χ1n) is 5.56. The van der Waals surface area contributed by atoms with E-state index in [-0.39, 0.29) is 11.8 Å². The quantitative estimate of drug-likeness (QED) is 0.801. The number of hydrogen-bond acceptors (Lipinski definition) is 3. The average molecular weight is 244 g/mol. The third-order valence-corrected chi connectivity index (χ3v) is 3.77. The molecule has 2 amide bonds. The molecule has 0 saturated carbocycles. The van der Waals surface area contributed by atoms with Crippen molar-refractivity contribution in [1.29, 1.82) is 0 Å². The van der Waals surface area contributed by atoms with Gasteiger partial charge in [0.05, 0.1) is 5.75 Å². The molecular formula is C11H20N2O2S. The van der Waals surface area contributed by atoms with E-state index in [4.69, 9.17) is 0 Å². The molecule has 1 N–H and O–H groups in total. The number of carbonyl (C=O) groups excluding carboxylic acids is 2. The minimum atomic E-state index is -0.715. The summed E-state index contributed by atoms with van der Waals surface area (Å²) in [6.07, 6.45) is 0. The van der Waals surface area contributed by atoms with Gasteiger partial charge >= 0.3 is 0 Å². The summed E-state index contributed by atoms with van der Waals surface area (Å²) in [6, 6.07) is 0. The predicted molar refractivity (Wildman–Crippen MR) is 66.4 cm³/mol. The van der Waals surface area contributed by atoms with Crippen molar-refractivity contribution < 1.29 is 9.59 Å². The number of rotatable bonds is 3. The number of hydrogen-bond donors (Lipinski definition) is 1. The first-order valence-corrected chi connectivity index (χ1v) is 6.61. The maximum absolute atomic E-state index is 12.0. The lowest BCUT2D eigenvalue weighted by molar-refractivity contribution is -0.147. The third-order valence-electron chi connectivity index (χ3n) is 2.69. The van der Waals surface area contributed by atoms with Crippen LogP contribution in [0.5, 0.6) is 0 Å². The molecule has 1 aliphatic heterocycles. The van der Waals surface area contributed by atoms with E-state index < -0.39 is 5.54 Å². The Morgan fingerprint density at radius 3 is 2.75 bits per heavy atom. The van der Waals surface area contributed by atoms with Crippen LogP contribution in [0.2, 0.25) is 0 Å². The van der Waals surface area contributed by atoms with E-state index in [9.17, 15) is 9.59 Å². The highest BCUT2D eigenvalue weighted by Gasteiger charge is 2.40. The summed E-state index contributed by atoms with van der Waals surface area (Å²) in [7, 11) is 0. The van der Waals surface area contributed by atoms with Crippen LogP contribution in [-0.2, 0) is 9.59 Å². The minimum absolute atomic E-state index is 0.0542. The summed E-state index contributed by atoms with van der Waals surface area (Å²) < 4.78 is 0. The molecule has 1 heterocycles. The molecule has 5 heteroatoms. The van der Waals surface area contributed by atoms with E-state index >= 15 is 0 Å². The number of amides is 2. The Morgan fingerprint density at radius 2 is 2.19 bits per heavy atom. The van der Waals surface area contributed by atoms with Crippen molar-refractivity contribution in [1.82, 2.24) is 10.2 Å². The fraction of sp³-hybridized carbons (Fsp3) is 0.818. The normalized spacial score (nSPS) is 19.8. The van der Waals surface area contributed by atoms with Crippen molar-refractivity contribution in [2.75, 3.05) is 18.8 Å². The van der Waals surface area contributed by atoms with E-state index in [1.165, 1.54) is 0 Å². The molecule has 0 aliphatic carbocycles. The van der Waals surface area contributed by atoms with Crippen LogP contribution in [-0.4, -0.2) is 46.3 Å². The lowest BCUT2D eigenvalue weighted by Gasteiger charge is -2.41. The SMILES string of the molecule is CC(C)SCC(=O)N1CCNC(=O)C1(C)C. The number of carbonyl (C=O) groups is 2.